The number of carbonyl (C=O) groups is 1. The zero-order valence-electron chi connectivity index (χ0n) is 8.16. The molecular formula is C11H14FNO. The number of carbonyl (C=O) groups excluding carboxylic acids is 1. The minimum absolute atomic E-state index is 0.108. The molecule has 14 heavy (non-hydrogen) atoms. The largest absolute Gasteiger partial charge is 0.324 e. The van der Waals surface area contributed by atoms with E-state index >= 15 is 0 Å². The first kappa shape index (κ1) is 10.9. The molecule has 0 amide bonds. The van der Waals surface area contributed by atoms with Gasteiger partial charge in [0.05, 0.1) is 0 Å². The maximum Gasteiger partial charge on any atom is 0.129 e. The Morgan fingerprint density at radius 1 is 1.57 bits per heavy atom. The fourth-order valence-corrected chi connectivity index (χ4v) is 1.26. The summed E-state index contributed by atoms with van der Waals surface area (Å²) >= 11 is 0. The Kier molecular flexibility index (Phi) is 3.77. The van der Waals surface area contributed by atoms with E-state index in [9.17, 15) is 9.18 Å². The predicted molar refractivity (Wildman–Crippen MR) is 53.2 cm³/mol. The molecule has 0 aromatic heterocycles. The van der Waals surface area contributed by atoms with Gasteiger partial charge in [0.15, 0.2) is 0 Å². The number of ketones is 1. The molecule has 0 aliphatic heterocycles. The van der Waals surface area contributed by atoms with Crippen LogP contribution in [-0.4, -0.2) is 5.78 Å². The van der Waals surface area contributed by atoms with E-state index in [4.69, 9.17) is 5.73 Å². The Morgan fingerprint density at radius 3 is 2.86 bits per heavy atom. The summed E-state index contributed by atoms with van der Waals surface area (Å²) in [7, 11) is 0. The van der Waals surface area contributed by atoms with Gasteiger partial charge in [-0.2, -0.15) is 0 Å². The molecular weight excluding hydrogens is 181 g/mol. The van der Waals surface area contributed by atoms with E-state index in [0.29, 0.717) is 12.8 Å². The second-order valence-corrected chi connectivity index (χ2v) is 3.40. The molecule has 0 radical (unpaired) electrons. The van der Waals surface area contributed by atoms with Crippen molar-refractivity contribution < 1.29 is 9.18 Å². The van der Waals surface area contributed by atoms with Crippen LogP contribution in [0.3, 0.4) is 0 Å². The van der Waals surface area contributed by atoms with E-state index in [1.54, 1.807) is 12.1 Å². The van der Waals surface area contributed by atoms with E-state index in [-0.39, 0.29) is 17.6 Å². The lowest BCUT2D eigenvalue weighted by molar-refractivity contribution is -0.117. The van der Waals surface area contributed by atoms with Crippen molar-refractivity contribution in [3.63, 3.8) is 0 Å². The number of halogens is 1. The third-order valence-electron chi connectivity index (χ3n) is 2.08. The zero-order chi connectivity index (χ0) is 10.6. The van der Waals surface area contributed by atoms with Crippen LogP contribution in [0.1, 0.15) is 31.4 Å². The highest BCUT2D eigenvalue weighted by molar-refractivity contribution is 5.75. The summed E-state index contributed by atoms with van der Waals surface area (Å²) in [6, 6.07) is 5.92. The Labute approximate surface area is 82.9 Å². The molecule has 2 N–H and O–H groups in total. The molecule has 0 bridgehead atoms. The lowest BCUT2D eigenvalue weighted by atomic mass is 10.0. The fourth-order valence-electron chi connectivity index (χ4n) is 1.26. The predicted octanol–water partition coefficient (Wildman–Crippen LogP) is 2.19. The van der Waals surface area contributed by atoms with Gasteiger partial charge in [-0.1, -0.05) is 12.1 Å². The minimum Gasteiger partial charge on any atom is -0.324 e. The average Bonchev–Trinajstić information content (AvgIpc) is 2.14. The number of hydrogen-bond acceptors (Lipinski definition) is 2. The molecule has 76 valence electrons. The van der Waals surface area contributed by atoms with Gasteiger partial charge in [0, 0.05) is 12.5 Å². The molecule has 3 heteroatoms. The Morgan fingerprint density at radius 2 is 2.29 bits per heavy atom. The lowest BCUT2D eigenvalue weighted by Gasteiger charge is -2.10. The van der Waals surface area contributed by atoms with Crippen molar-refractivity contribution in [2.24, 2.45) is 5.73 Å². The van der Waals surface area contributed by atoms with Crippen LogP contribution in [0, 0.1) is 5.82 Å². The van der Waals surface area contributed by atoms with E-state index < -0.39 is 0 Å². The summed E-state index contributed by atoms with van der Waals surface area (Å²) in [4.78, 5) is 10.7. The van der Waals surface area contributed by atoms with Gasteiger partial charge in [-0.3, -0.25) is 0 Å². The number of benzene rings is 1. The quantitative estimate of drug-likeness (QED) is 0.800. The summed E-state index contributed by atoms with van der Waals surface area (Å²) in [5.74, 6) is -0.183. The number of hydrogen-bond donors (Lipinski definition) is 1. The van der Waals surface area contributed by atoms with Crippen LogP contribution in [0.15, 0.2) is 24.3 Å². The number of nitrogens with two attached hydrogens (primary N) is 1. The van der Waals surface area contributed by atoms with E-state index in [1.165, 1.54) is 19.1 Å². The Hall–Kier alpha value is -1.22. The SMILES string of the molecule is CC(=O)CCC(N)c1cccc(F)c1. The maximum absolute atomic E-state index is 12.8. The molecule has 0 saturated heterocycles. The van der Waals surface area contributed by atoms with Crippen molar-refractivity contribution in [3.05, 3.63) is 35.6 Å². The van der Waals surface area contributed by atoms with E-state index in [0.717, 1.165) is 5.56 Å². The average molecular weight is 195 g/mol. The second-order valence-electron chi connectivity index (χ2n) is 3.40. The zero-order valence-corrected chi connectivity index (χ0v) is 8.16. The van der Waals surface area contributed by atoms with Gasteiger partial charge >= 0.3 is 0 Å². The summed E-state index contributed by atoms with van der Waals surface area (Å²) in [6.45, 7) is 1.53. The third kappa shape index (κ3) is 3.26. The van der Waals surface area contributed by atoms with Gasteiger partial charge in [-0.05, 0) is 31.0 Å². The Balaban J connectivity index is 2.60. The van der Waals surface area contributed by atoms with Gasteiger partial charge in [0.2, 0.25) is 0 Å². The van der Waals surface area contributed by atoms with Crippen molar-refractivity contribution in [1.29, 1.82) is 0 Å². The minimum atomic E-state index is -0.291. The summed E-state index contributed by atoms with van der Waals surface area (Å²) < 4.78 is 12.8. The van der Waals surface area contributed by atoms with Crippen LogP contribution < -0.4 is 5.73 Å². The number of rotatable bonds is 4. The highest BCUT2D eigenvalue weighted by Crippen LogP contribution is 2.16. The van der Waals surface area contributed by atoms with Crippen LogP contribution in [0.4, 0.5) is 4.39 Å². The summed E-state index contributed by atoms with van der Waals surface area (Å²) in [5.41, 5.74) is 6.54. The highest BCUT2D eigenvalue weighted by atomic mass is 19.1. The normalized spacial score (nSPS) is 12.5. The van der Waals surface area contributed by atoms with Crippen molar-refractivity contribution in [2.45, 2.75) is 25.8 Å². The molecule has 2 nitrogen and oxygen atoms in total. The first-order valence-electron chi connectivity index (χ1n) is 4.60. The first-order valence-corrected chi connectivity index (χ1v) is 4.60. The molecule has 1 aromatic carbocycles. The monoisotopic (exact) mass is 195 g/mol. The van der Waals surface area contributed by atoms with Crippen molar-refractivity contribution in [1.82, 2.24) is 0 Å². The first-order chi connectivity index (χ1) is 6.59. The number of Topliss-reactive ketones (excluding diaryl/α,β-unsaturated/α-hetero) is 1. The van der Waals surface area contributed by atoms with Gasteiger partial charge in [-0.15, -0.1) is 0 Å². The van der Waals surface area contributed by atoms with Gasteiger partial charge in [0.1, 0.15) is 11.6 Å². The molecule has 1 atom stereocenters. The van der Waals surface area contributed by atoms with Crippen molar-refractivity contribution >= 4 is 5.78 Å². The van der Waals surface area contributed by atoms with Crippen LogP contribution in [0.25, 0.3) is 0 Å². The molecule has 0 fully saturated rings. The third-order valence-corrected chi connectivity index (χ3v) is 2.08. The van der Waals surface area contributed by atoms with Gasteiger partial charge in [0.25, 0.3) is 0 Å². The van der Waals surface area contributed by atoms with Gasteiger partial charge < -0.3 is 10.5 Å². The van der Waals surface area contributed by atoms with E-state index in [2.05, 4.69) is 0 Å². The molecule has 0 aliphatic rings. The molecule has 1 rings (SSSR count). The second kappa shape index (κ2) is 4.86. The molecule has 1 aromatic rings. The summed E-state index contributed by atoms with van der Waals surface area (Å²) in [6.07, 6.45) is 1.01. The Bertz CT molecular complexity index is 325. The standard InChI is InChI=1S/C11H14FNO/c1-8(14)5-6-11(13)9-3-2-4-10(12)7-9/h2-4,7,11H,5-6,13H2,1H3. The molecule has 0 heterocycles. The summed E-state index contributed by atoms with van der Waals surface area (Å²) in [5, 5.41) is 0. The topological polar surface area (TPSA) is 43.1 Å². The van der Waals surface area contributed by atoms with Crippen molar-refractivity contribution in [2.75, 3.05) is 0 Å². The van der Waals surface area contributed by atoms with Crippen LogP contribution in [0.5, 0.6) is 0 Å². The fraction of sp³-hybridized carbons (Fsp3) is 0.364. The maximum atomic E-state index is 12.8. The van der Waals surface area contributed by atoms with E-state index in [1.807, 2.05) is 0 Å². The van der Waals surface area contributed by atoms with Gasteiger partial charge in [-0.25, -0.2) is 4.39 Å². The molecule has 0 saturated carbocycles. The van der Waals surface area contributed by atoms with Crippen molar-refractivity contribution in [3.8, 4) is 0 Å². The van der Waals surface area contributed by atoms with Crippen LogP contribution in [-0.2, 0) is 4.79 Å². The van der Waals surface area contributed by atoms with Crippen LogP contribution in [0.2, 0.25) is 0 Å². The smallest absolute Gasteiger partial charge is 0.129 e. The lowest BCUT2D eigenvalue weighted by Crippen LogP contribution is -2.11. The van der Waals surface area contributed by atoms with Crippen LogP contribution >= 0.6 is 0 Å². The molecule has 0 aliphatic carbocycles. The highest BCUT2D eigenvalue weighted by Gasteiger charge is 2.07. The molecule has 1 unspecified atom stereocenters. The molecule has 0 spiro atoms.